The first kappa shape index (κ1) is 11.8. The third kappa shape index (κ3) is 2.06. The number of amides is 1. The Morgan fingerprint density at radius 3 is 2.78 bits per heavy atom. The van der Waals surface area contributed by atoms with Crippen LogP contribution in [0, 0.1) is 18.3 Å². The summed E-state index contributed by atoms with van der Waals surface area (Å²) in [6.45, 7) is 1.72. The summed E-state index contributed by atoms with van der Waals surface area (Å²) in [5.74, 6) is 0.296. The maximum Gasteiger partial charge on any atom is 0.297 e. The zero-order valence-electron chi connectivity index (χ0n) is 10.0. The van der Waals surface area contributed by atoms with E-state index in [1.165, 1.54) is 4.90 Å². The smallest absolute Gasteiger partial charge is 0.297 e. The minimum atomic E-state index is -0.359. The summed E-state index contributed by atoms with van der Waals surface area (Å²) in [6.07, 6.45) is 0. The second-order valence-electron chi connectivity index (χ2n) is 3.74. The summed E-state index contributed by atoms with van der Waals surface area (Å²) >= 11 is 0. The molecule has 1 heterocycles. The molecule has 18 heavy (non-hydrogen) atoms. The molecule has 1 aromatic carbocycles. The molecule has 2 rings (SSSR count). The van der Waals surface area contributed by atoms with Gasteiger partial charge in [-0.1, -0.05) is 12.1 Å². The minimum absolute atomic E-state index is 0.0859. The number of para-hydroxylation sites is 1. The summed E-state index contributed by atoms with van der Waals surface area (Å²) < 4.78 is 0. The molecule has 0 atom stereocenters. The predicted octanol–water partition coefficient (Wildman–Crippen LogP) is 1.26. The number of nitrogens with zero attached hydrogens (tertiary/aromatic N) is 4. The van der Waals surface area contributed by atoms with Crippen LogP contribution in [0.3, 0.4) is 0 Å². The van der Waals surface area contributed by atoms with E-state index in [-0.39, 0.29) is 11.7 Å². The molecular weight excluding hydrogens is 230 g/mol. The predicted molar refractivity (Wildman–Crippen MR) is 65.0 cm³/mol. The van der Waals surface area contributed by atoms with Crippen molar-refractivity contribution in [2.45, 2.75) is 6.92 Å². The molecule has 0 bridgehead atoms. The van der Waals surface area contributed by atoms with Crippen molar-refractivity contribution in [1.29, 1.82) is 5.26 Å². The van der Waals surface area contributed by atoms with Gasteiger partial charge < -0.3 is 4.90 Å². The van der Waals surface area contributed by atoms with Crippen LogP contribution in [-0.4, -0.2) is 28.1 Å². The lowest BCUT2D eigenvalue weighted by molar-refractivity contribution is 0.0983. The first-order valence-electron chi connectivity index (χ1n) is 5.29. The lowest BCUT2D eigenvalue weighted by Gasteiger charge is -2.16. The largest absolute Gasteiger partial charge is 0.307 e. The summed E-state index contributed by atoms with van der Waals surface area (Å²) in [5.41, 5.74) is 0.966. The van der Waals surface area contributed by atoms with E-state index < -0.39 is 0 Å². The number of anilines is 1. The van der Waals surface area contributed by atoms with Crippen molar-refractivity contribution in [2.24, 2.45) is 0 Å². The van der Waals surface area contributed by atoms with Gasteiger partial charge in [-0.25, -0.2) is 4.98 Å². The van der Waals surface area contributed by atoms with Gasteiger partial charge in [-0.15, -0.1) is 5.10 Å². The second-order valence-corrected chi connectivity index (χ2v) is 3.74. The average Bonchev–Trinajstić information content (AvgIpc) is 2.83. The summed E-state index contributed by atoms with van der Waals surface area (Å²) in [4.78, 5) is 17.4. The molecule has 6 heteroatoms. The average molecular weight is 241 g/mol. The lowest BCUT2D eigenvalue weighted by Crippen LogP contribution is -2.28. The highest BCUT2D eigenvalue weighted by molar-refractivity contribution is 6.03. The number of carbonyl (C=O) groups is 1. The van der Waals surface area contributed by atoms with E-state index in [1.807, 2.05) is 6.07 Å². The van der Waals surface area contributed by atoms with Crippen molar-refractivity contribution in [3.05, 3.63) is 41.5 Å². The molecule has 0 aliphatic heterocycles. The van der Waals surface area contributed by atoms with Gasteiger partial charge in [0.25, 0.3) is 5.91 Å². The molecule has 0 aliphatic rings. The zero-order chi connectivity index (χ0) is 13.1. The summed E-state index contributed by atoms with van der Waals surface area (Å²) in [7, 11) is 1.59. The quantitative estimate of drug-likeness (QED) is 0.857. The number of hydrogen-bond acceptors (Lipinski definition) is 4. The SMILES string of the molecule is Cc1nc(C(=O)N(C)c2ccccc2C#N)n[nH]1. The fourth-order valence-corrected chi connectivity index (χ4v) is 1.56. The molecule has 6 nitrogen and oxygen atoms in total. The third-order valence-electron chi connectivity index (χ3n) is 2.48. The van der Waals surface area contributed by atoms with E-state index in [0.29, 0.717) is 17.1 Å². The van der Waals surface area contributed by atoms with Crippen molar-refractivity contribution >= 4 is 11.6 Å². The van der Waals surface area contributed by atoms with E-state index in [1.54, 1.807) is 38.2 Å². The van der Waals surface area contributed by atoms with Crippen molar-refractivity contribution in [1.82, 2.24) is 15.2 Å². The third-order valence-corrected chi connectivity index (χ3v) is 2.48. The number of aryl methyl sites for hydroxylation is 1. The first-order valence-corrected chi connectivity index (χ1v) is 5.29. The van der Waals surface area contributed by atoms with Crippen molar-refractivity contribution in [3.8, 4) is 6.07 Å². The van der Waals surface area contributed by atoms with Crippen LogP contribution in [0.4, 0.5) is 5.69 Å². The first-order chi connectivity index (χ1) is 8.63. The summed E-state index contributed by atoms with van der Waals surface area (Å²) in [6, 6.07) is 8.92. The van der Waals surface area contributed by atoms with Gasteiger partial charge in [0.2, 0.25) is 5.82 Å². The number of aromatic nitrogens is 3. The number of nitriles is 1. The zero-order valence-corrected chi connectivity index (χ0v) is 10.0. The highest BCUT2D eigenvalue weighted by Gasteiger charge is 2.19. The molecule has 0 unspecified atom stereocenters. The molecule has 0 spiro atoms. The molecule has 2 aromatic rings. The van der Waals surface area contributed by atoms with Crippen LogP contribution in [0.5, 0.6) is 0 Å². The van der Waals surface area contributed by atoms with E-state index >= 15 is 0 Å². The van der Waals surface area contributed by atoms with Crippen LogP contribution in [0.15, 0.2) is 24.3 Å². The van der Waals surface area contributed by atoms with Gasteiger partial charge in [-0.3, -0.25) is 9.89 Å². The molecule has 0 radical (unpaired) electrons. The molecule has 0 saturated carbocycles. The van der Waals surface area contributed by atoms with Gasteiger partial charge in [0.05, 0.1) is 11.3 Å². The maximum atomic E-state index is 12.1. The highest BCUT2D eigenvalue weighted by Crippen LogP contribution is 2.19. The molecule has 0 aliphatic carbocycles. The Balaban J connectivity index is 2.34. The number of nitrogens with one attached hydrogen (secondary N) is 1. The van der Waals surface area contributed by atoms with Crippen molar-refractivity contribution in [3.63, 3.8) is 0 Å². The van der Waals surface area contributed by atoms with Crippen LogP contribution in [0.25, 0.3) is 0 Å². The summed E-state index contributed by atoms with van der Waals surface area (Å²) in [5, 5.41) is 15.4. The highest BCUT2D eigenvalue weighted by atomic mass is 16.2. The molecule has 1 aromatic heterocycles. The number of H-pyrrole nitrogens is 1. The van der Waals surface area contributed by atoms with E-state index in [0.717, 1.165) is 0 Å². The van der Waals surface area contributed by atoms with Crippen LogP contribution in [0.1, 0.15) is 22.0 Å². The van der Waals surface area contributed by atoms with Gasteiger partial charge in [0.15, 0.2) is 0 Å². The Hall–Kier alpha value is -2.68. The fourth-order valence-electron chi connectivity index (χ4n) is 1.56. The Bertz CT molecular complexity index is 625. The van der Waals surface area contributed by atoms with Crippen LogP contribution < -0.4 is 4.90 Å². The molecule has 0 fully saturated rings. The van der Waals surface area contributed by atoms with Crippen LogP contribution in [-0.2, 0) is 0 Å². The van der Waals surface area contributed by atoms with Crippen LogP contribution in [0.2, 0.25) is 0 Å². The van der Waals surface area contributed by atoms with Crippen LogP contribution >= 0.6 is 0 Å². The molecule has 90 valence electrons. The number of benzene rings is 1. The Morgan fingerprint density at radius 1 is 1.44 bits per heavy atom. The van der Waals surface area contributed by atoms with E-state index in [4.69, 9.17) is 5.26 Å². The standard InChI is InChI=1S/C12H11N5O/c1-8-14-11(16-15-8)12(18)17(2)10-6-4-3-5-9(10)7-13/h3-6H,1-2H3,(H,14,15,16). The monoisotopic (exact) mass is 241 g/mol. The number of carbonyl (C=O) groups excluding carboxylic acids is 1. The Kier molecular flexibility index (Phi) is 3.06. The van der Waals surface area contributed by atoms with Crippen molar-refractivity contribution in [2.75, 3.05) is 11.9 Å². The molecule has 1 N–H and O–H groups in total. The van der Waals surface area contributed by atoms with Gasteiger partial charge in [-0.05, 0) is 19.1 Å². The second kappa shape index (κ2) is 4.67. The van der Waals surface area contributed by atoms with Gasteiger partial charge in [0.1, 0.15) is 11.9 Å². The van der Waals surface area contributed by atoms with Gasteiger partial charge in [0, 0.05) is 7.05 Å². The fraction of sp³-hybridized carbons (Fsp3) is 0.167. The number of rotatable bonds is 2. The van der Waals surface area contributed by atoms with Gasteiger partial charge in [-0.2, -0.15) is 5.26 Å². The number of aromatic amines is 1. The maximum absolute atomic E-state index is 12.1. The Labute approximate surface area is 104 Å². The Morgan fingerprint density at radius 2 is 2.17 bits per heavy atom. The van der Waals surface area contributed by atoms with E-state index in [2.05, 4.69) is 15.2 Å². The minimum Gasteiger partial charge on any atom is -0.307 e. The lowest BCUT2D eigenvalue weighted by atomic mass is 10.2. The molecular formula is C12H11N5O. The van der Waals surface area contributed by atoms with E-state index in [9.17, 15) is 4.79 Å². The van der Waals surface area contributed by atoms with Crippen molar-refractivity contribution < 1.29 is 4.79 Å². The number of hydrogen-bond donors (Lipinski definition) is 1. The molecule has 0 saturated heterocycles. The topological polar surface area (TPSA) is 85.7 Å². The molecule has 1 amide bonds. The normalized spacial score (nSPS) is 9.83. The van der Waals surface area contributed by atoms with Gasteiger partial charge >= 0.3 is 0 Å².